The summed E-state index contributed by atoms with van der Waals surface area (Å²) in [6.07, 6.45) is 0. The molecule has 0 radical (unpaired) electrons. The molecule has 0 N–H and O–H groups in total. The lowest BCUT2D eigenvalue weighted by molar-refractivity contribution is 0.410. The first kappa shape index (κ1) is 15.4. The first-order valence-corrected chi connectivity index (χ1v) is 6.58. The molecule has 0 bridgehead atoms. The predicted molar refractivity (Wildman–Crippen MR) is 77.3 cm³/mol. The van der Waals surface area contributed by atoms with Crippen molar-refractivity contribution in [3.05, 3.63) is 51.8 Å². The number of hydrogen-bond donors (Lipinski definition) is 0. The van der Waals surface area contributed by atoms with Crippen LogP contribution >= 0.6 is 0 Å². The Morgan fingerprint density at radius 1 is 0.762 bits per heavy atom. The van der Waals surface area contributed by atoms with Crippen LogP contribution in [0.15, 0.2) is 12.1 Å². The highest BCUT2D eigenvalue weighted by atomic mass is 19.1. The fraction of sp³-hybridized carbons (Fsp3) is 0.294. The van der Waals surface area contributed by atoms with Crippen LogP contribution in [0.4, 0.5) is 13.2 Å². The smallest absolute Gasteiger partial charge is 0.137 e. The maximum atomic E-state index is 14.6. The number of halogens is 3. The normalized spacial score (nSPS) is 10.9. The van der Waals surface area contributed by atoms with Crippen LogP contribution in [-0.2, 0) is 0 Å². The highest BCUT2D eigenvalue weighted by Crippen LogP contribution is 2.41. The monoisotopic (exact) mass is 294 g/mol. The molecule has 0 amide bonds. The summed E-state index contributed by atoms with van der Waals surface area (Å²) >= 11 is 0. The number of aryl methyl sites for hydroxylation is 2. The van der Waals surface area contributed by atoms with Crippen LogP contribution in [0.3, 0.4) is 0 Å². The number of ether oxygens (including phenoxy) is 1. The fourth-order valence-electron chi connectivity index (χ4n) is 2.66. The Bertz CT molecular complexity index is 695. The standard InChI is InChI=1S/C17H17F3O/c1-8-6-9(2)17(21-5)15(16(8)20)14-10(3)12(18)7-13(19)11(14)4/h6-7H,1-5H3. The minimum absolute atomic E-state index is 0.114. The average Bonchev–Trinajstić information content (AvgIpc) is 2.42. The van der Waals surface area contributed by atoms with E-state index < -0.39 is 17.5 Å². The van der Waals surface area contributed by atoms with E-state index in [-0.39, 0.29) is 22.3 Å². The van der Waals surface area contributed by atoms with Gasteiger partial charge in [-0.1, -0.05) is 0 Å². The van der Waals surface area contributed by atoms with Crippen molar-refractivity contribution in [1.29, 1.82) is 0 Å². The molecule has 0 saturated carbocycles. The van der Waals surface area contributed by atoms with Gasteiger partial charge in [-0.3, -0.25) is 0 Å². The van der Waals surface area contributed by atoms with E-state index in [0.717, 1.165) is 11.6 Å². The molecule has 2 aromatic rings. The van der Waals surface area contributed by atoms with E-state index in [0.29, 0.717) is 11.3 Å². The Labute approximate surface area is 122 Å². The first-order valence-electron chi connectivity index (χ1n) is 6.58. The third kappa shape index (κ3) is 2.39. The van der Waals surface area contributed by atoms with Crippen LogP contribution in [-0.4, -0.2) is 7.11 Å². The topological polar surface area (TPSA) is 9.23 Å². The van der Waals surface area contributed by atoms with Gasteiger partial charge in [-0.05, 0) is 61.6 Å². The zero-order valence-electron chi connectivity index (χ0n) is 12.7. The van der Waals surface area contributed by atoms with Gasteiger partial charge in [0.2, 0.25) is 0 Å². The maximum absolute atomic E-state index is 14.6. The van der Waals surface area contributed by atoms with E-state index in [9.17, 15) is 13.2 Å². The summed E-state index contributed by atoms with van der Waals surface area (Å²) in [4.78, 5) is 0. The molecule has 0 aliphatic rings. The average molecular weight is 294 g/mol. The molecular weight excluding hydrogens is 277 g/mol. The lowest BCUT2D eigenvalue weighted by Crippen LogP contribution is -2.03. The lowest BCUT2D eigenvalue weighted by Gasteiger charge is -2.19. The molecule has 0 aliphatic heterocycles. The molecule has 1 nitrogen and oxygen atoms in total. The predicted octanol–water partition coefficient (Wildman–Crippen LogP) is 5.01. The van der Waals surface area contributed by atoms with E-state index >= 15 is 0 Å². The van der Waals surface area contributed by atoms with Crippen molar-refractivity contribution in [2.75, 3.05) is 7.11 Å². The van der Waals surface area contributed by atoms with Crippen molar-refractivity contribution in [3.8, 4) is 16.9 Å². The molecule has 0 spiro atoms. The molecule has 0 heterocycles. The summed E-state index contributed by atoms with van der Waals surface area (Å²) in [5.74, 6) is -1.62. The van der Waals surface area contributed by atoms with E-state index in [1.165, 1.54) is 21.0 Å². The van der Waals surface area contributed by atoms with Crippen molar-refractivity contribution >= 4 is 0 Å². The second-order valence-electron chi connectivity index (χ2n) is 5.20. The number of hydrogen-bond acceptors (Lipinski definition) is 1. The zero-order valence-corrected chi connectivity index (χ0v) is 12.7. The van der Waals surface area contributed by atoms with Gasteiger partial charge in [-0.2, -0.15) is 0 Å². The number of rotatable bonds is 2. The Morgan fingerprint density at radius 2 is 1.29 bits per heavy atom. The highest BCUT2D eigenvalue weighted by Gasteiger charge is 2.23. The molecule has 4 heteroatoms. The maximum Gasteiger partial charge on any atom is 0.137 e. The SMILES string of the molecule is COc1c(C)cc(C)c(F)c1-c1c(C)c(F)cc(F)c1C. The Hall–Kier alpha value is -1.97. The third-order valence-corrected chi connectivity index (χ3v) is 3.76. The minimum Gasteiger partial charge on any atom is -0.496 e. The highest BCUT2D eigenvalue weighted by molar-refractivity contribution is 5.79. The van der Waals surface area contributed by atoms with Crippen LogP contribution in [0.25, 0.3) is 11.1 Å². The van der Waals surface area contributed by atoms with Crippen LogP contribution in [0.2, 0.25) is 0 Å². The number of benzene rings is 2. The van der Waals surface area contributed by atoms with E-state index in [4.69, 9.17) is 4.74 Å². The van der Waals surface area contributed by atoms with Gasteiger partial charge in [-0.25, -0.2) is 13.2 Å². The van der Waals surface area contributed by atoms with Crippen LogP contribution in [0.5, 0.6) is 5.75 Å². The molecule has 0 saturated heterocycles. The van der Waals surface area contributed by atoms with Crippen LogP contribution in [0, 0.1) is 45.1 Å². The van der Waals surface area contributed by atoms with Gasteiger partial charge in [0.1, 0.15) is 23.2 Å². The van der Waals surface area contributed by atoms with Gasteiger partial charge in [-0.15, -0.1) is 0 Å². The van der Waals surface area contributed by atoms with Crippen molar-refractivity contribution in [2.45, 2.75) is 27.7 Å². The van der Waals surface area contributed by atoms with E-state index in [1.807, 2.05) is 0 Å². The molecule has 2 aromatic carbocycles. The fourth-order valence-corrected chi connectivity index (χ4v) is 2.66. The summed E-state index contributed by atoms with van der Waals surface area (Å²) in [7, 11) is 1.42. The molecular formula is C17H17F3O. The van der Waals surface area contributed by atoms with Crippen molar-refractivity contribution in [3.63, 3.8) is 0 Å². The van der Waals surface area contributed by atoms with Crippen molar-refractivity contribution in [1.82, 2.24) is 0 Å². The lowest BCUT2D eigenvalue weighted by atomic mass is 9.91. The van der Waals surface area contributed by atoms with Gasteiger partial charge < -0.3 is 4.74 Å². The Morgan fingerprint density at radius 3 is 1.76 bits per heavy atom. The van der Waals surface area contributed by atoms with Gasteiger partial charge in [0, 0.05) is 6.07 Å². The largest absolute Gasteiger partial charge is 0.496 e. The van der Waals surface area contributed by atoms with Crippen molar-refractivity contribution in [2.24, 2.45) is 0 Å². The summed E-state index contributed by atoms with van der Waals surface area (Å²) in [6.45, 7) is 6.40. The minimum atomic E-state index is -0.700. The molecule has 2 rings (SSSR count). The Balaban J connectivity index is 2.98. The quantitative estimate of drug-likeness (QED) is 0.756. The number of methoxy groups -OCH3 is 1. The second-order valence-corrected chi connectivity index (χ2v) is 5.20. The summed E-state index contributed by atoms with van der Waals surface area (Å²) in [5, 5.41) is 0. The Kier molecular flexibility index (Phi) is 3.99. The van der Waals surface area contributed by atoms with Gasteiger partial charge in [0.05, 0.1) is 12.7 Å². The molecule has 112 valence electrons. The van der Waals surface area contributed by atoms with Gasteiger partial charge >= 0.3 is 0 Å². The summed E-state index contributed by atoms with van der Waals surface area (Å²) in [5.41, 5.74) is 1.87. The molecule has 0 fully saturated rings. The second kappa shape index (κ2) is 5.43. The molecule has 0 atom stereocenters. The van der Waals surface area contributed by atoms with Gasteiger partial charge in [0.25, 0.3) is 0 Å². The van der Waals surface area contributed by atoms with E-state index in [2.05, 4.69) is 0 Å². The van der Waals surface area contributed by atoms with E-state index in [1.54, 1.807) is 19.9 Å². The molecule has 21 heavy (non-hydrogen) atoms. The third-order valence-electron chi connectivity index (χ3n) is 3.76. The van der Waals surface area contributed by atoms with Crippen LogP contribution in [0.1, 0.15) is 22.3 Å². The summed E-state index contributed by atoms with van der Waals surface area (Å²) < 4.78 is 47.6. The molecule has 0 aliphatic carbocycles. The molecule has 0 aromatic heterocycles. The van der Waals surface area contributed by atoms with Crippen molar-refractivity contribution < 1.29 is 17.9 Å². The zero-order chi connectivity index (χ0) is 15.9. The molecule has 0 unspecified atom stereocenters. The van der Waals surface area contributed by atoms with Crippen LogP contribution < -0.4 is 4.74 Å². The first-order chi connectivity index (χ1) is 9.79. The van der Waals surface area contributed by atoms with Gasteiger partial charge in [0.15, 0.2) is 0 Å². The summed E-state index contributed by atoms with van der Waals surface area (Å²) in [6, 6.07) is 2.47.